The highest BCUT2D eigenvalue weighted by molar-refractivity contribution is 5.60. The van der Waals surface area contributed by atoms with Gasteiger partial charge >= 0.3 is 0 Å². The molecule has 0 saturated heterocycles. The third-order valence-corrected chi connectivity index (χ3v) is 2.97. The summed E-state index contributed by atoms with van der Waals surface area (Å²) in [4.78, 5) is 1.48. The summed E-state index contributed by atoms with van der Waals surface area (Å²) in [6, 6.07) is 0. The highest BCUT2D eigenvalue weighted by Crippen LogP contribution is 2.17. The van der Waals surface area contributed by atoms with Crippen molar-refractivity contribution in [1.82, 2.24) is 15.0 Å². The van der Waals surface area contributed by atoms with E-state index in [0.717, 1.165) is 23.4 Å². The van der Waals surface area contributed by atoms with Crippen molar-refractivity contribution in [3.8, 4) is 0 Å². The van der Waals surface area contributed by atoms with Crippen LogP contribution in [0.4, 0.5) is 0 Å². The molecule has 0 atom stereocenters. The van der Waals surface area contributed by atoms with Crippen LogP contribution in [0.2, 0.25) is 0 Å². The van der Waals surface area contributed by atoms with E-state index in [1.165, 1.54) is 4.80 Å². The highest BCUT2D eigenvalue weighted by atomic mass is 16.3. The Hall–Kier alpha value is -2.36. The summed E-state index contributed by atoms with van der Waals surface area (Å²) < 4.78 is 0. The van der Waals surface area contributed by atoms with Crippen LogP contribution in [-0.2, 0) is 6.42 Å². The average molecular weight is 285 g/mol. The van der Waals surface area contributed by atoms with Gasteiger partial charge in [0.2, 0.25) is 0 Å². The highest BCUT2D eigenvalue weighted by Gasteiger charge is 2.12. The molecule has 4 nitrogen and oxygen atoms in total. The van der Waals surface area contributed by atoms with E-state index in [1.54, 1.807) is 12.2 Å². The number of hydrogen-bond acceptors (Lipinski definition) is 3. The molecule has 0 aliphatic rings. The van der Waals surface area contributed by atoms with Gasteiger partial charge in [-0.25, -0.2) is 0 Å². The first-order valence-electron chi connectivity index (χ1n) is 7.05. The molecule has 1 N–H and O–H groups in total. The minimum Gasteiger partial charge on any atom is -0.510 e. The number of aliphatic hydroxyl groups is 1. The van der Waals surface area contributed by atoms with Crippen LogP contribution in [0.15, 0.2) is 48.8 Å². The molecule has 1 rings (SSSR count). The Bertz CT molecular complexity index is 604. The van der Waals surface area contributed by atoms with Gasteiger partial charge in [0, 0.05) is 6.42 Å². The molecule has 0 amide bonds. The zero-order valence-electron chi connectivity index (χ0n) is 13.0. The second kappa shape index (κ2) is 8.04. The zero-order valence-corrected chi connectivity index (χ0v) is 13.0. The van der Waals surface area contributed by atoms with Crippen molar-refractivity contribution in [3.63, 3.8) is 0 Å². The monoisotopic (exact) mass is 285 g/mol. The number of allylic oxidation sites excluding steroid dienone is 7. The predicted octanol–water partition coefficient (Wildman–Crippen LogP) is 4.31. The average Bonchev–Trinajstić information content (AvgIpc) is 2.92. The van der Waals surface area contributed by atoms with E-state index < -0.39 is 0 Å². The van der Waals surface area contributed by atoms with Gasteiger partial charge in [0.15, 0.2) is 0 Å². The Balaban J connectivity index is 3.39. The van der Waals surface area contributed by atoms with E-state index in [-0.39, 0.29) is 5.76 Å². The van der Waals surface area contributed by atoms with Gasteiger partial charge in [-0.05, 0) is 31.1 Å². The molecular formula is C17H23N3O. The second-order valence-electron chi connectivity index (χ2n) is 4.55. The molecule has 4 heteroatoms. The number of nitrogens with zero attached hydrogens (tertiary/aromatic N) is 3. The Labute approximate surface area is 126 Å². The third-order valence-electron chi connectivity index (χ3n) is 2.97. The molecule has 112 valence electrons. The maximum atomic E-state index is 10.1. The van der Waals surface area contributed by atoms with Crippen LogP contribution in [0.1, 0.15) is 38.6 Å². The molecule has 0 bridgehead atoms. The van der Waals surface area contributed by atoms with Crippen molar-refractivity contribution in [2.24, 2.45) is 0 Å². The number of aromatic nitrogens is 3. The van der Waals surface area contributed by atoms with Gasteiger partial charge in [-0.3, -0.25) is 0 Å². The Morgan fingerprint density at radius 3 is 2.52 bits per heavy atom. The molecule has 0 aliphatic carbocycles. The summed E-state index contributed by atoms with van der Waals surface area (Å²) >= 11 is 0. The van der Waals surface area contributed by atoms with Crippen LogP contribution >= 0.6 is 0 Å². The van der Waals surface area contributed by atoms with Crippen molar-refractivity contribution < 1.29 is 5.11 Å². The van der Waals surface area contributed by atoms with Crippen LogP contribution in [0.3, 0.4) is 0 Å². The first kappa shape index (κ1) is 16.7. The fourth-order valence-electron chi connectivity index (χ4n) is 1.71. The Morgan fingerprint density at radius 1 is 1.29 bits per heavy atom. The minimum absolute atomic E-state index is 0.244. The van der Waals surface area contributed by atoms with Gasteiger partial charge in [0.1, 0.15) is 17.2 Å². The quantitative estimate of drug-likeness (QED) is 0.600. The summed E-state index contributed by atoms with van der Waals surface area (Å²) in [5.74, 6) is 0.244. The second-order valence-corrected chi connectivity index (χ2v) is 4.55. The van der Waals surface area contributed by atoms with Crippen molar-refractivity contribution >= 4 is 11.8 Å². The predicted molar refractivity (Wildman–Crippen MR) is 88.7 cm³/mol. The van der Waals surface area contributed by atoms with Gasteiger partial charge in [0.05, 0.1) is 5.69 Å². The van der Waals surface area contributed by atoms with Gasteiger partial charge in [-0.1, -0.05) is 45.2 Å². The molecule has 21 heavy (non-hydrogen) atoms. The molecule has 1 aromatic heterocycles. The van der Waals surface area contributed by atoms with Crippen LogP contribution in [0, 0.1) is 0 Å². The molecule has 1 aromatic rings. The van der Waals surface area contributed by atoms with E-state index in [2.05, 4.69) is 23.4 Å². The molecule has 0 spiro atoms. The van der Waals surface area contributed by atoms with Crippen LogP contribution in [-0.4, -0.2) is 20.1 Å². The summed E-state index contributed by atoms with van der Waals surface area (Å²) in [5, 5.41) is 19.0. The smallest absolute Gasteiger partial charge is 0.123 e. The normalized spacial score (nSPS) is 13.4. The lowest BCUT2D eigenvalue weighted by molar-refractivity contribution is 0.392. The van der Waals surface area contributed by atoms with Gasteiger partial charge < -0.3 is 5.11 Å². The summed E-state index contributed by atoms with van der Waals surface area (Å²) in [6.07, 6.45) is 10.2. The Kier molecular flexibility index (Phi) is 6.40. The number of rotatable bonds is 7. The largest absolute Gasteiger partial charge is 0.510 e. The molecule has 0 unspecified atom stereocenters. The molecule has 0 aliphatic heterocycles. The van der Waals surface area contributed by atoms with Crippen molar-refractivity contribution in [2.75, 3.05) is 0 Å². The SMILES string of the molecule is C=C/C=C\c1nn(C(/C=C(/C)C=C)=C(\O)CC)nc1CC. The maximum absolute atomic E-state index is 10.1. The summed E-state index contributed by atoms with van der Waals surface area (Å²) in [6.45, 7) is 13.2. The molecule has 0 fully saturated rings. The molecule has 0 radical (unpaired) electrons. The van der Waals surface area contributed by atoms with Gasteiger partial charge in [0.25, 0.3) is 0 Å². The lowest BCUT2D eigenvalue weighted by Crippen LogP contribution is -2.04. The first-order valence-corrected chi connectivity index (χ1v) is 7.05. The standard InChI is InChI=1S/C17H23N3O/c1-6-10-11-15-14(8-3)18-20(19-15)16(17(21)9-4)12-13(5)7-2/h6-7,10-12,21H,1-2,8-9H2,3-5H3/b11-10-,13-12-,17-16-. The van der Waals surface area contributed by atoms with E-state index >= 15 is 0 Å². The van der Waals surface area contributed by atoms with Crippen LogP contribution < -0.4 is 0 Å². The van der Waals surface area contributed by atoms with Crippen molar-refractivity contribution in [1.29, 1.82) is 0 Å². The fourth-order valence-corrected chi connectivity index (χ4v) is 1.71. The fraction of sp³-hybridized carbons (Fsp3) is 0.294. The van der Waals surface area contributed by atoms with Crippen LogP contribution in [0.25, 0.3) is 11.8 Å². The van der Waals surface area contributed by atoms with E-state index in [9.17, 15) is 5.11 Å². The number of aryl methyl sites for hydroxylation is 1. The van der Waals surface area contributed by atoms with E-state index in [0.29, 0.717) is 12.1 Å². The van der Waals surface area contributed by atoms with Crippen molar-refractivity contribution in [2.45, 2.75) is 33.6 Å². The van der Waals surface area contributed by atoms with Gasteiger partial charge in [-0.15, -0.1) is 9.90 Å². The molecule has 0 aromatic carbocycles. The van der Waals surface area contributed by atoms with E-state index in [1.807, 2.05) is 39.0 Å². The maximum Gasteiger partial charge on any atom is 0.123 e. The minimum atomic E-state index is 0.244. The molecular weight excluding hydrogens is 262 g/mol. The molecule has 1 heterocycles. The number of aliphatic hydroxyl groups excluding tert-OH is 1. The van der Waals surface area contributed by atoms with Crippen molar-refractivity contribution in [3.05, 3.63) is 60.2 Å². The topological polar surface area (TPSA) is 50.9 Å². The lowest BCUT2D eigenvalue weighted by Gasteiger charge is -2.05. The van der Waals surface area contributed by atoms with Crippen LogP contribution in [0.5, 0.6) is 0 Å². The molecule has 0 saturated carbocycles. The van der Waals surface area contributed by atoms with E-state index in [4.69, 9.17) is 0 Å². The Morgan fingerprint density at radius 2 is 2.00 bits per heavy atom. The lowest BCUT2D eigenvalue weighted by atomic mass is 10.2. The third kappa shape index (κ3) is 4.31. The van der Waals surface area contributed by atoms with Gasteiger partial charge in [-0.2, -0.15) is 5.10 Å². The summed E-state index contributed by atoms with van der Waals surface area (Å²) in [5.41, 5.74) is 3.16. The number of hydrogen-bond donors (Lipinski definition) is 1. The summed E-state index contributed by atoms with van der Waals surface area (Å²) in [7, 11) is 0. The zero-order chi connectivity index (χ0) is 15.8. The first-order chi connectivity index (χ1) is 10.1.